The van der Waals surface area contributed by atoms with E-state index < -0.39 is 0 Å². The van der Waals surface area contributed by atoms with Gasteiger partial charge >= 0.3 is 5.97 Å². The minimum Gasteiger partial charge on any atom is -0.497 e. The van der Waals surface area contributed by atoms with E-state index in [1.54, 1.807) is 7.11 Å². The first-order chi connectivity index (χ1) is 7.63. The highest BCUT2D eigenvalue weighted by Gasteiger charge is 2.36. The summed E-state index contributed by atoms with van der Waals surface area (Å²) in [5, 5.41) is 0. The van der Waals surface area contributed by atoms with Gasteiger partial charge in [-0.15, -0.1) is 0 Å². The van der Waals surface area contributed by atoms with Crippen molar-refractivity contribution in [1.82, 2.24) is 0 Å². The van der Waals surface area contributed by atoms with Gasteiger partial charge in [-0.2, -0.15) is 0 Å². The van der Waals surface area contributed by atoms with Gasteiger partial charge in [0.25, 0.3) is 0 Å². The third-order valence-electron chi connectivity index (χ3n) is 2.94. The Kier molecular flexibility index (Phi) is 2.69. The molecule has 2 atom stereocenters. The van der Waals surface area contributed by atoms with Crippen LogP contribution in [0.4, 0.5) is 0 Å². The van der Waals surface area contributed by atoms with Crippen molar-refractivity contribution in [3.63, 3.8) is 0 Å². The number of hydrogen-bond acceptors (Lipinski definition) is 3. The summed E-state index contributed by atoms with van der Waals surface area (Å²) in [5.74, 6) is 0.522. The lowest BCUT2D eigenvalue weighted by atomic mass is 9.94. The van der Waals surface area contributed by atoms with E-state index in [1.807, 2.05) is 31.2 Å². The Bertz CT molecular complexity index is 419. The molecule has 0 spiro atoms. The lowest BCUT2D eigenvalue weighted by Crippen LogP contribution is -2.04. The number of carbonyl (C=O) groups is 1. The number of hydrogen-bond donors (Lipinski definition) is 0. The Morgan fingerprint density at radius 3 is 2.38 bits per heavy atom. The van der Waals surface area contributed by atoms with Gasteiger partial charge in [-0.3, -0.25) is 0 Å². The molecule has 1 aromatic rings. The van der Waals surface area contributed by atoms with Crippen LogP contribution in [-0.4, -0.2) is 13.1 Å². The lowest BCUT2D eigenvalue weighted by Gasteiger charge is -2.14. The fraction of sp³-hybridized carbons (Fsp3) is 0.308. The molecule has 0 aliphatic carbocycles. The molecule has 2 rings (SSSR count). The number of esters is 1. The summed E-state index contributed by atoms with van der Waals surface area (Å²) < 4.78 is 10.3. The van der Waals surface area contributed by atoms with Crippen LogP contribution in [0.3, 0.4) is 0 Å². The van der Waals surface area contributed by atoms with Crippen molar-refractivity contribution in [1.29, 1.82) is 0 Å². The summed E-state index contributed by atoms with van der Waals surface area (Å²) >= 11 is 0. The van der Waals surface area contributed by atoms with E-state index in [2.05, 4.69) is 6.58 Å². The van der Waals surface area contributed by atoms with Crippen LogP contribution in [0, 0.1) is 5.92 Å². The Morgan fingerprint density at radius 2 is 1.94 bits per heavy atom. The highest BCUT2D eigenvalue weighted by Crippen LogP contribution is 2.37. The van der Waals surface area contributed by atoms with Gasteiger partial charge in [-0.05, 0) is 17.7 Å². The number of rotatable bonds is 2. The van der Waals surface area contributed by atoms with Crippen molar-refractivity contribution >= 4 is 5.97 Å². The SMILES string of the molecule is C=C1C(=O)O[C@H](c2ccc(OC)cc2)[C@H]1C. The average Bonchev–Trinajstić information content (AvgIpc) is 2.57. The number of cyclic esters (lactones) is 1. The molecule has 1 aliphatic heterocycles. The van der Waals surface area contributed by atoms with Crippen LogP contribution in [-0.2, 0) is 9.53 Å². The molecule has 3 nitrogen and oxygen atoms in total. The number of carbonyl (C=O) groups excluding carboxylic acids is 1. The average molecular weight is 218 g/mol. The second kappa shape index (κ2) is 4.00. The Hall–Kier alpha value is -1.77. The van der Waals surface area contributed by atoms with Gasteiger partial charge in [0.15, 0.2) is 0 Å². The zero-order valence-electron chi connectivity index (χ0n) is 9.40. The molecule has 0 bridgehead atoms. The van der Waals surface area contributed by atoms with Crippen molar-refractivity contribution in [2.24, 2.45) is 5.92 Å². The first kappa shape index (κ1) is 10.7. The summed E-state index contributed by atoms with van der Waals surface area (Å²) in [7, 11) is 1.62. The molecule has 1 heterocycles. The molecular formula is C13H14O3. The molecule has 16 heavy (non-hydrogen) atoms. The van der Waals surface area contributed by atoms with Crippen molar-refractivity contribution < 1.29 is 14.3 Å². The maximum atomic E-state index is 11.3. The fourth-order valence-electron chi connectivity index (χ4n) is 1.81. The van der Waals surface area contributed by atoms with Crippen LogP contribution in [0.5, 0.6) is 5.75 Å². The van der Waals surface area contributed by atoms with E-state index in [0.29, 0.717) is 5.57 Å². The Morgan fingerprint density at radius 1 is 1.31 bits per heavy atom. The molecule has 84 valence electrons. The summed E-state index contributed by atoms with van der Waals surface area (Å²) in [5.41, 5.74) is 1.51. The topological polar surface area (TPSA) is 35.5 Å². The smallest absolute Gasteiger partial charge is 0.334 e. The number of benzene rings is 1. The molecule has 1 saturated heterocycles. The molecule has 0 aromatic heterocycles. The van der Waals surface area contributed by atoms with E-state index in [1.165, 1.54) is 0 Å². The van der Waals surface area contributed by atoms with Crippen LogP contribution >= 0.6 is 0 Å². The first-order valence-corrected chi connectivity index (χ1v) is 5.17. The van der Waals surface area contributed by atoms with Gasteiger partial charge < -0.3 is 9.47 Å². The van der Waals surface area contributed by atoms with E-state index in [4.69, 9.17) is 9.47 Å². The predicted octanol–water partition coefficient (Wildman–Crippen LogP) is 2.49. The maximum Gasteiger partial charge on any atom is 0.334 e. The lowest BCUT2D eigenvalue weighted by molar-refractivity contribution is -0.139. The van der Waals surface area contributed by atoms with Crippen molar-refractivity contribution in [3.05, 3.63) is 42.0 Å². The maximum absolute atomic E-state index is 11.3. The van der Waals surface area contributed by atoms with Crippen LogP contribution in [0.25, 0.3) is 0 Å². The normalized spacial score (nSPS) is 24.4. The highest BCUT2D eigenvalue weighted by atomic mass is 16.6. The molecule has 0 radical (unpaired) electrons. The van der Waals surface area contributed by atoms with Crippen LogP contribution in [0.1, 0.15) is 18.6 Å². The number of methoxy groups -OCH3 is 1. The van der Waals surface area contributed by atoms with Gasteiger partial charge in [-0.1, -0.05) is 25.6 Å². The van der Waals surface area contributed by atoms with Gasteiger partial charge in [0.1, 0.15) is 11.9 Å². The van der Waals surface area contributed by atoms with E-state index in [9.17, 15) is 4.79 Å². The largest absolute Gasteiger partial charge is 0.497 e. The van der Waals surface area contributed by atoms with E-state index in [-0.39, 0.29) is 18.0 Å². The van der Waals surface area contributed by atoms with Crippen molar-refractivity contribution in [2.45, 2.75) is 13.0 Å². The van der Waals surface area contributed by atoms with Gasteiger partial charge in [0.2, 0.25) is 0 Å². The summed E-state index contributed by atoms with van der Waals surface area (Å²) in [6.07, 6.45) is -0.217. The van der Waals surface area contributed by atoms with Crippen molar-refractivity contribution in [3.8, 4) is 5.75 Å². The molecule has 0 N–H and O–H groups in total. The second-order valence-corrected chi connectivity index (χ2v) is 3.91. The zero-order valence-corrected chi connectivity index (χ0v) is 9.40. The minimum atomic E-state index is -0.298. The van der Waals surface area contributed by atoms with Gasteiger partial charge in [0.05, 0.1) is 7.11 Å². The minimum absolute atomic E-state index is 0.0286. The standard InChI is InChI=1S/C13H14O3/c1-8-9(2)13(14)16-12(8)10-4-6-11(15-3)7-5-10/h4-8,12H,2H2,1,3H3/t8-,12-/m0/s1. The molecule has 1 aromatic carbocycles. The zero-order chi connectivity index (χ0) is 11.7. The van der Waals surface area contributed by atoms with Crippen LogP contribution in [0.2, 0.25) is 0 Å². The fourth-order valence-corrected chi connectivity index (χ4v) is 1.81. The van der Waals surface area contributed by atoms with Crippen LogP contribution in [0.15, 0.2) is 36.4 Å². The van der Waals surface area contributed by atoms with Gasteiger partial charge in [-0.25, -0.2) is 4.79 Å². The molecular weight excluding hydrogens is 204 g/mol. The molecule has 0 amide bonds. The quantitative estimate of drug-likeness (QED) is 0.565. The molecule has 0 saturated carbocycles. The second-order valence-electron chi connectivity index (χ2n) is 3.91. The van der Waals surface area contributed by atoms with Gasteiger partial charge in [0, 0.05) is 11.5 Å². The van der Waals surface area contributed by atoms with E-state index >= 15 is 0 Å². The molecule has 1 aliphatic rings. The highest BCUT2D eigenvalue weighted by molar-refractivity contribution is 5.90. The van der Waals surface area contributed by atoms with Crippen LogP contribution < -0.4 is 4.74 Å². The first-order valence-electron chi connectivity index (χ1n) is 5.17. The predicted molar refractivity (Wildman–Crippen MR) is 60.1 cm³/mol. The van der Waals surface area contributed by atoms with Crippen molar-refractivity contribution in [2.75, 3.05) is 7.11 Å². The molecule has 3 heteroatoms. The summed E-state index contributed by atoms with van der Waals surface area (Å²) in [6.45, 7) is 5.67. The number of ether oxygens (including phenoxy) is 2. The third-order valence-corrected chi connectivity index (χ3v) is 2.94. The molecule has 1 fully saturated rings. The third kappa shape index (κ3) is 1.69. The molecule has 0 unspecified atom stereocenters. The van der Waals surface area contributed by atoms with E-state index in [0.717, 1.165) is 11.3 Å². The summed E-state index contributed by atoms with van der Waals surface area (Å²) in [4.78, 5) is 11.3. The Balaban J connectivity index is 2.25. The Labute approximate surface area is 94.7 Å². The summed E-state index contributed by atoms with van der Waals surface area (Å²) in [6, 6.07) is 7.53. The monoisotopic (exact) mass is 218 g/mol.